The molecule has 144 valence electrons. The van der Waals surface area contributed by atoms with Crippen molar-refractivity contribution in [3.8, 4) is 11.5 Å². The summed E-state index contributed by atoms with van der Waals surface area (Å²) in [7, 11) is -3.63. The summed E-state index contributed by atoms with van der Waals surface area (Å²) in [5.41, 5.74) is 1.89. The number of rotatable bonds is 5. The maximum atomic E-state index is 13.4. The average molecular weight is 435 g/mol. The van der Waals surface area contributed by atoms with Gasteiger partial charge in [-0.05, 0) is 41.0 Å². The van der Waals surface area contributed by atoms with Gasteiger partial charge in [-0.2, -0.15) is 0 Å². The van der Waals surface area contributed by atoms with Gasteiger partial charge in [0, 0.05) is 5.02 Å². The molecule has 1 atom stereocenters. The first kappa shape index (κ1) is 19.1. The summed E-state index contributed by atoms with van der Waals surface area (Å²) in [6.45, 7) is 0.0721. The van der Waals surface area contributed by atoms with Crippen LogP contribution < -0.4 is 9.47 Å². The largest absolute Gasteiger partial charge is 0.454 e. The molecule has 1 heterocycles. The Balaban J connectivity index is 1.75. The van der Waals surface area contributed by atoms with Crippen LogP contribution in [0.5, 0.6) is 11.5 Å². The smallest absolute Gasteiger partial charge is 0.231 e. The van der Waals surface area contributed by atoms with Crippen LogP contribution >= 0.6 is 23.2 Å². The van der Waals surface area contributed by atoms with Gasteiger partial charge in [0.25, 0.3) is 0 Å². The molecule has 0 bridgehead atoms. The van der Waals surface area contributed by atoms with Crippen molar-refractivity contribution in [3.63, 3.8) is 0 Å². The van der Waals surface area contributed by atoms with Gasteiger partial charge in [-0.1, -0.05) is 65.7 Å². The van der Waals surface area contributed by atoms with Crippen molar-refractivity contribution in [2.24, 2.45) is 0 Å². The van der Waals surface area contributed by atoms with Crippen LogP contribution in [0, 0.1) is 0 Å². The van der Waals surface area contributed by atoms with Gasteiger partial charge in [-0.3, -0.25) is 0 Å². The van der Waals surface area contributed by atoms with E-state index in [0.717, 1.165) is 0 Å². The second kappa shape index (κ2) is 7.66. The van der Waals surface area contributed by atoms with E-state index in [-0.39, 0.29) is 12.5 Å². The van der Waals surface area contributed by atoms with Gasteiger partial charge < -0.3 is 9.47 Å². The van der Waals surface area contributed by atoms with Gasteiger partial charge in [0.15, 0.2) is 21.3 Å². The zero-order valence-corrected chi connectivity index (χ0v) is 17.0. The van der Waals surface area contributed by atoms with Crippen molar-refractivity contribution >= 4 is 33.0 Å². The Morgan fingerprint density at radius 2 is 1.57 bits per heavy atom. The first-order chi connectivity index (χ1) is 13.4. The van der Waals surface area contributed by atoms with Crippen LogP contribution in [0.3, 0.4) is 0 Å². The zero-order valence-electron chi connectivity index (χ0n) is 14.6. The van der Waals surface area contributed by atoms with Crippen LogP contribution in [0.4, 0.5) is 0 Å². The van der Waals surface area contributed by atoms with Crippen LogP contribution in [-0.2, 0) is 15.6 Å². The van der Waals surface area contributed by atoms with Gasteiger partial charge in [0.2, 0.25) is 6.79 Å². The summed E-state index contributed by atoms with van der Waals surface area (Å²) >= 11 is 12.2. The van der Waals surface area contributed by atoms with E-state index >= 15 is 0 Å². The fourth-order valence-electron chi connectivity index (χ4n) is 3.29. The lowest BCUT2D eigenvalue weighted by atomic mass is 10.0. The first-order valence-electron chi connectivity index (χ1n) is 8.54. The third-order valence-electron chi connectivity index (χ3n) is 4.49. The minimum Gasteiger partial charge on any atom is -0.454 e. The topological polar surface area (TPSA) is 52.6 Å². The molecule has 3 aromatic carbocycles. The van der Waals surface area contributed by atoms with Crippen molar-refractivity contribution in [2.75, 3.05) is 6.79 Å². The molecule has 3 aromatic rings. The van der Waals surface area contributed by atoms with E-state index in [4.69, 9.17) is 32.7 Å². The Morgan fingerprint density at radius 1 is 0.893 bits per heavy atom. The number of hydrogen-bond acceptors (Lipinski definition) is 4. The van der Waals surface area contributed by atoms with Crippen LogP contribution in [0.15, 0.2) is 66.7 Å². The number of hydrogen-bond donors (Lipinski definition) is 0. The fraction of sp³-hybridized carbons (Fsp3) is 0.143. The number of sulfone groups is 1. The molecule has 28 heavy (non-hydrogen) atoms. The molecule has 0 N–H and O–H groups in total. The lowest BCUT2D eigenvalue weighted by Gasteiger charge is -2.19. The van der Waals surface area contributed by atoms with E-state index in [2.05, 4.69) is 0 Å². The van der Waals surface area contributed by atoms with Crippen LogP contribution in [0.1, 0.15) is 21.9 Å². The molecule has 0 unspecified atom stereocenters. The van der Waals surface area contributed by atoms with Crippen molar-refractivity contribution in [3.05, 3.63) is 93.5 Å². The highest BCUT2D eigenvalue weighted by Gasteiger charge is 2.30. The second-order valence-corrected chi connectivity index (χ2v) is 9.39. The molecule has 0 saturated carbocycles. The molecule has 0 spiro atoms. The molecule has 4 rings (SSSR count). The molecule has 7 heteroatoms. The number of ether oxygens (including phenoxy) is 2. The highest BCUT2D eigenvalue weighted by molar-refractivity contribution is 7.91. The highest BCUT2D eigenvalue weighted by atomic mass is 35.5. The molecule has 1 aliphatic heterocycles. The first-order valence-corrected chi connectivity index (χ1v) is 11.0. The van der Waals surface area contributed by atoms with E-state index in [0.29, 0.717) is 38.2 Å². The maximum absolute atomic E-state index is 13.4. The summed E-state index contributed by atoms with van der Waals surface area (Å²) in [5, 5.41) is 0.0635. The standard InChI is InChI=1S/C21H16Cl2O4S/c22-17-8-6-16(7-9-17)21(15-4-2-1-3-5-15)28(24,25)12-14-10-18(23)20-19(11-14)26-13-27-20/h1-11,21H,12-13H2/t21-/m0/s1. The fourth-order valence-corrected chi connectivity index (χ4v) is 5.65. The van der Waals surface area contributed by atoms with Crippen molar-refractivity contribution < 1.29 is 17.9 Å². The summed E-state index contributed by atoms with van der Waals surface area (Å²) in [6.07, 6.45) is 0. The minimum absolute atomic E-state index is 0.0721. The minimum atomic E-state index is -3.63. The van der Waals surface area contributed by atoms with E-state index in [1.807, 2.05) is 30.3 Å². The summed E-state index contributed by atoms with van der Waals surface area (Å²) in [6, 6.07) is 19.3. The molecular formula is C21H16Cl2O4S. The Labute approximate surface area is 173 Å². The molecule has 4 nitrogen and oxygen atoms in total. The van der Waals surface area contributed by atoms with Gasteiger partial charge in [-0.25, -0.2) is 8.42 Å². The maximum Gasteiger partial charge on any atom is 0.231 e. The monoisotopic (exact) mass is 434 g/mol. The Morgan fingerprint density at radius 3 is 2.29 bits per heavy atom. The highest BCUT2D eigenvalue weighted by Crippen LogP contribution is 2.41. The van der Waals surface area contributed by atoms with Crippen LogP contribution in [0.25, 0.3) is 0 Å². The Hall–Kier alpha value is -2.21. The summed E-state index contributed by atoms with van der Waals surface area (Å²) in [5.74, 6) is 0.714. The van der Waals surface area contributed by atoms with Crippen molar-refractivity contribution in [1.82, 2.24) is 0 Å². The normalized spacial score (nSPS) is 14.1. The molecule has 0 radical (unpaired) electrons. The van der Waals surface area contributed by atoms with E-state index in [1.165, 1.54) is 0 Å². The molecular weight excluding hydrogens is 419 g/mol. The molecule has 0 aromatic heterocycles. The number of fused-ring (bicyclic) bond motifs is 1. The van der Waals surface area contributed by atoms with Crippen molar-refractivity contribution in [2.45, 2.75) is 11.0 Å². The van der Waals surface area contributed by atoms with Crippen molar-refractivity contribution in [1.29, 1.82) is 0 Å². The van der Waals surface area contributed by atoms with E-state index in [1.54, 1.807) is 36.4 Å². The Bertz CT molecular complexity index is 1100. The molecule has 0 amide bonds. The average Bonchev–Trinajstić information content (AvgIpc) is 3.13. The third-order valence-corrected chi connectivity index (χ3v) is 7.02. The van der Waals surface area contributed by atoms with E-state index in [9.17, 15) is 8.42 Å². The van der Waals surface area contributed by atoms with Gasteiger partial charge in [0.1, 0.15) is 5.25 Å². The predicted molar refractivity (Wildman–Crippen MR) is 110 cm³/mol. The third kappa shape index (κ3) is 3.83. The molecule has 0 saturated heterocycles. The Kier molecular flexibility index (Phi) is 5.23. The van der Waals surface area contributed by atoms with Crippen LogP contribution in [-0.4, -0.2) is 15.2 Å². The number of halogens is 2. The molecule has 0 fully saturated rings. The summed E-state index contributed by atoms with van der Waals surface area (Å²) in [4.78, 5) is 0. The summed E-state index contributed by atoms with van der Waals surface area (Å²) < 4.78 is 37.6. The zero-order chi connectivity index (χ0) is 19.7. The molecule has 1 aliphatic rings. The SMILES string of the molecule is O=S(=O)(Cc1cc(Cl)c2c(c1)OCO2)[C@@H](c1ccccc1)c1ccc(Cl)cc1. The van der Waals surface area contributed by atoms with E-state index < -0.39 is 15.1 Å². The quantitative estimate of drug-likeness (QED) is 0.537. The number of benzene rings is 3. The van der Waals surface area contributed by atoms with Gasteiger partial charge in [-0.15, -0.1) is 0 Å². The molecule has 0 aliphatic carbocycles. The van der Waals surface area contributed by atoms with Gasteiger partial charge >= 0.3 is 0 Å². The van der Waals surface area contributed by atoms with Gasteiger partial charge in [0.05, 0.1) is 10.8 Å². The predicted octanol–water partition coefficient (Wildman–Crippen LogP) is 5.43. The van der Waals surface area contributed by atoms with Crippen LogP contribution in [0.2, 0.25) is 10.0 Å². The lowest BCUT2D eigenvalue weighted by molar-refractivity contribution is 0.174. The lowest BCUT2D eigenvalue weighted by Crippen LogP contribution is -2.17. The second-order valence-electron chi connectivity index (χ2n) is 6.46.